The van der Waals surface area contributed by atoms with Gasteiger partial charge in [-0.2, -0.15) is 0 Å². The van der Waals surface area contributed by atoms with Crippen LogP contribution < -0.4 is 10.1 Å². The lowest BCUT2D eigenvalue weighted by molar-refractivity contribution is -0.127. The second-order valence-corrected chi connectivity index (χ2v) is 5.52. The van der Waals surface area contributed by atoms with Crippen molar-refractivity contribution in [2.75, 3.05) is 6.54 Å². The molecule has 0 aliphatic heterocycles. The Morgan fingerprint density at radius 2 is 2.21 bits per heavy atom. The fourth-order valence-electron chi connectivity index (χ4n) is 1.50. The molecule has 0 spiro atoms. The van der Waals surface area contributed by atoms with E-state index in [-0.39, 0.29) is 16.5 Å². The van der Waals surface area contributed by atoms with Gasteiger partial charge in [-0.25, -0.2) is 4.79 Å². The molecule has 0 radical (unpaired) electrons. The molecule has 106 valence electrons. The van der Waals surface area contributed by atoms with E-state index >= 15 is 0 Å². The van der Waals surface area contributed by atoms with Crippen molar-refractivity contribution < 1.29 is 19.4 Å². The molecule has 1 amide bonds. The lowest BCUT2D eigenvalue weighted by atomic mass is 10.3. The number of aromatic carboxylic acids is 1. The fourth-order valence-corrected chi connectivity index (χ4v) is 2.29. The van der Waals surface area contributed by atoms with Gasteiger partial charge in [0.25, 0.3) is 5.91 Å². The number of aryl methyl sites for hydroxylation is 1. The summed E-state index contributed by atoms with van der Waals surface area (Å²) in [5, 5.41) is 11.8. The molecule has 2 N–H and O–H groups in total. The number of carboxylic acid groups (broad SMARTS) is 1. The zero-order valence-corrected chi connectivity index (χ0v) is 12.2. The molecule has 0 saturated carbocycles. The van der Waals surface area contributed by atoms with Crippen molar-refractivity contribution in [2.24, 2.45) is 0 Å². The molecule has 0 aliphatic rings. The van der Waals surface area contributed by atoms with Gasteiger partial charge in [0.05, 0.1) is 0 Å². The van der Waals surface area contributed by atoms with Gasteiger partial charge in [0, 0.05) is 11.4 Å². The molecule has 1 aromatic heterocycles. The van der Waals surface area contributed by atoms with E-state index in [1.54, 1.807) is 19.9 Å². The number of hydrogen-bond acceptors (Lipinski definition) is 4. The lowest BCUT2D eigenvalue weighted by Crippen LogP contribution is -2.36. The van der Waals surface area contributed by atoms with E-state index < -0.39 is 12.1 Å². The number of hydrogen-bond donors (Lipinski definition) is 2. The first-order valence-corrected chi connectivity index (χ1v) is 7.05. The minimum absolute atomic E-state index is 0.130. The quantitative estimate of drug-likeness (QED) is 0.754. The number of thiophene rings is 1. The number of carbonyl (C=O) groups excluding carboxylic acids is 1. The average molecular weight is 285 g/mol. The smallest absolute Gasteiger partial charge is 0.349 e. The minimum atomic E-state index is -1.04. The second kappa shape index (κ2) is 7.13. The molecule has 1 heterocycles. The molecular formula is C13H19NO4S. The molecule has 5 nitrogen and oxygen atoms in total. The summed E-state index contributed by atoms with van der Waals surface area (Å²) in [6.45, 7) is 6.06. The molecule has 19 heavy (non-hydrogen) atoms. The SMILES string of the molecule is CCCCNC(=O)C(C)Oc1cc(C)sc1C(=O)O. The van der Waals surface area contributed by atoms with E-state index in [9.17, 15) is 9.59 Å². The van der Waals surface area contributed by atoms with Crippen LogP contribution in [-0.4, -0.2) is 29.6 Å². The van der Waals surface area contributed by atoms with E-state index in [1.165, 1.54) is 0 Å². The van der Waals surface area contributed by atoms with Crippen molar-refractivity contribution in [2.45, 2.75) is 39.7 Å². The Hall–Kier alpha value is -1.56. The van der Waals surface area contributed by atoms with Crippen molar-refractivity contribution in [3.8, 4) is 5.75 Å². The van der Waals surface area contributed by atoms with E-state index in [0.29, 0.717) is 6.54 Å². The van der Waals surface area contributed by atoms with Gasteiger partial charge in [0.2, 0.25) is 0 Å². The highest BCUT2D eigenvalue weighted by molar-refractivity contribution is 7.14. The van der Waals surface area contributed by atoms with E-state index in [4.69, 9.17) is 9.84 Å². The molecular weight excluding hydrogens is 266 g/mol. The summed E-state index contributed by atoms with van der Waals surface area (Å²) in [6.07, 6.45) is 1.21. The van der Waals surface area contributed by atoms with Crippen LogP contribution in [0.15, 0.2) is 6.07 Å². The summed E-state index contributed by atoms with van der Waals surface area (Å²) in [4.78, 5) is 23.7. The van der Waals surface area contributed by atoms with Gasteiger partial charge in [-0.3, -0.25) is 4.79 Å². The van der Waals surface area contributed by atoms with Crippen molar-refractivity contribution in [3.63, 3.8) is 0 Å². The van der Waals surface area contributed by atoms with Crippen molar-refractivity contribution >= 4 is 23.2 Å². The van der Waals surface area contributed by atoms with Crippen LogP contribution in [-0.2, 0) is 4.79 Å². The predicted molar refractivity (Wildman–Crippen MR) is 74.0 cm³/mol. The number of nitrogens with one attached hydrogen (secondary N) is 1. The number of ether oxygens (including phenoxy) is 1. The molecule has 1 atom stereocenters. The summed E-state index contributed by atoms with van der Waals surface area (Å²) < 4.78 is 5.44. The number of carboxylic acids is 1. The van der Waals surface area contributed by atoms with Crippen LogP contribution in [0, 0.1) is 6.92 Å². The first-order valence-electron chi connectivity index (χ1n) is 6.23. The summed E-state index contributed by atoms with van der Waals surface area (Å²) in [5.74, 6) is -1.01. The third-order valence-corrected chi connectivity index (χ3v) is 3.54. The van der Waals surface area contributed by atoms with Gasteiger partial charge in [0.15, 0.2) is 11.0 Å². The summed E-state index contributed by atoms with van der Waals surface area (Å²) in [5.41, 5.74) is 0. The molecule has 0 aromatic carbocycles. The third kappa shape index (κ3) is 4.55. The largest absolute Gasteiger partial charge is 0.479 e. The zero-order valence-electron chi connectivity index (χ0n) is 11.4. The Morgan fingerprint density at radius 3 is 2.79 bits per heavy atom. The van der Waals surface area contributed by atoms with Crippen LogP contribution in [0.4, 0.5) is 0 Å². The number of rotatable bonds is 7. The van der Waals surface area contributed by atoms with Gasteiger partial charge < -0.3 is 15.2 Å². The van der Waals surface area contributed by atoms with Crippen LogP contribution >= 0.6 is 11.3 Å². The molecule has 6 heteroatoms. The van der Waals surface area contributed by atoms with Crippen molar-refractivity contribution in [3.05, 3.63) is 15.8 Å². The highest BCUT2D eigenvalue weighted by atomic mass is 32.1. The van der Waals surface area contributed by atoms with Crippen LogP contribution in [0.25, 0.3) is 0 Å². The van der Waals surface area contributed by atoms with Gasteiger partial charge in [0.1, 0.15) is 5.75 Å². The molecule has 0 fully saturated rings. The molecule has 0 aliphatic carbocycles. The maximum absolute atomic E-state index is 11.7. The van der Waals surface area contributed by atoms with E-state index in [1.807, 2.05) is 6.92 Å². The monoisotopic (exact) mass is 285 g/mol. The van der Waals surface area contributed by atoms with Crippen LogP contribution in [0.1, 0.15) is 41.2 Å². The number of carbonyl (C=O) groups is 2. The van der Waals surface area contributed by atoms with Gasteiger partial charge >= 0.3 is 5.97 Å². The maximum atomic E-state index is 11.7. The Balaban J connectivity index is 2.63. The van der Waals surface area contributed by atoms with E-state index in [0.717, 1.165) is 29.1 Å². The Kier molecular flexibility index (Phi) is 5.82. The highest BCUT2D eigenvalue weighted by Gasteiger charge is 2.20. The molecule has 1 aromatic rings. The average Bonchev–Trinajstić information content (AvgIpc) is 2.70. The summed E-state index contributed by atoms with van der Waals surface area (Å²) in [6, 6.07) is 1.64. The number of unbranched alkanes of at least 4 members (excludes halogenated alkanes) is 1. The van der Waals surface area contributed by atoms with Crippen molar-refractivity contribution in [1.82, 2.24) is 5.32 Å². The fraction of sp³-hybridized carbons (Fsp3) is 0.538. The second-order valence-electron chi connectivity index (χ2n) is 4.26. The normalized spacial score (nSPS) is 11.9. The lowest BCUT2D eigenvalue weighted by Gasteiger charge is -2.14. The predicted octanol–water partition coefficient (Wildman–Crippen LogP) is 2.44. The van der Waals surface area contributed by atoms with E-state index in [2.05, 4.69) is 5.32 Å². The van der Waals surface area contributed by atoms with Crippen LogP contribution in [0.2, 0.25) is 0 Å². The Labute approximate surface area is 116 Å². The van der Waals surface area contributed by atoms with Crippen LogP contribution in [0.3, 0.4) is 0 Å². The first kappa shape index (κ1) is 15.5. The molecule has 0 saturated heterocycles. The Morgan fingerprint density at radius 1 is 1.53 bits per heavy atom. The third-order valence-electron chi connectivity index (χ3n) is 2.52. The van der Waals surface area contributed by atoms with Gasteiger partial charge in [-0.05, 0) is 26.3 Å². The molecule has 1 rings (SSSR count). The molecule has 1 unspecified atom stereocenters. The summed E-state index contributed by atoms with van der Waals surface area (Å²) in [7, 11) is 0. The maximum Gasteiger partial charge on any atom is 0.349 e. The highest BCUT2D eigenvalue weighted by Crippen LogP contribution is 2.29. The zero-order chi connectivity index (χ0) is 14.4. The Bertz CT molecular complexity index is 455. The first-order chi connectivity index (χ1) is 8.95. The van der Waals surface area contributed by atoms with Crippen molar-refractivity contribution in [1.29, 1.82) is 0 Å². The summed E-state index contributed by atoms with van der Waals surface area (Å²) >= 11 is 1.14. The number of amides is 1. The topological polar surface area (TPSA) is 75.6 Å². The van der Waals surface area contributed by atoms with Gasteiger partial charge in [-0.15, -0.1) is 11.3 Å². The van der Waals surface area contributed by atoms with Crippen LogP contribution in [0.5, 0.6) is 5.75 Å². The van der Waals surface area contributed by atoms with Gasteiger partial charge in [-0.1, -0.05) is 13.3 Å². The minimum Gasteiger partial charge on any atom is -0.479 e. The molecule has 0 bridgehead atoms. The standard InChI is InChI=1S/C13H19NO4S/c1-4-5-6-14-12(15)9(3)18-10-7-8(2)19-11(10)13(16)17/h7,9H,4-6H2,1-3H3,(H,14,15)(H,16,17).